The van der Waals surface area contributed by atoms with Gasteiger partial charge in [0.05, 0.1) is 26.5 Å². The Morgan fingerprint density at radius 3 is 2.67 bits per heavy atom. The van der Waals surface area contributed by atoms with E-state index >= 15 is 8.78 Å². The van der Waals surface area contributed by atoms with Crippen LogP contribution in [0.25, 0.3) is 0 Å². The van der Waals surface area contributed by atoms with Gasteiger partial charge in [0.15, 0.2) is 11.7 Å². The third-order valence-electron chi connectivity index (χ3n) is 5.41. The number of nitrogens with one attached hydrogen (secondary N) is 3. The molecule has 3 rings (SSSR count). The van der Waals surface area contributed by atoms with Crippen molar-refractivity contribution in [3.05, 3.63) is 64.8 Å². The number of amidine groups is 1. The zero-order valence-corrected chi connectivity index (χ0v) is 20.1. The minimum atomic E-state index is -3.79. The number of methoxy groups -OCH3 is 1. The van der Waals surface area contributed by atoms with Crippen molar-refractivity contribution >= 4 is 17.9 Å². The lowest BCUT2D eigenvalue weighted by Crippen LogP contribution is -2.39. The highest BCUT2D eigenvalue weighted by Gasteiger charge is 2.39. The number of ether oxygens (including phenoxy) is 3. The fraction of sp³-hybridized carbons (Fsp3) is 0.375. The molecule has 0 radical (unpaired) electrons. The van der Waals surface area contributed by atoms with Crippen molar-refractivity contribution in [1.29, 1.82) is 16.2 Å². The Kier molecular flexibility index (Phi) is 9.14. The number of halogens is 2. The minimum Gasteiger partial charge on any atom is -0.491 e. The van der Waals surface area contributed by atoms with Gasteiger partial charge in [-0.25, -0.2) is 4.99 Å². The largest absolute Gasteiger partial charge is 0.491 e. The lowest BCUT2D eigenvalue weighted by molar-refractivity contribution is 0.0285. The van der Waals surface area contributed by atoms with E-state index in [1.807, 2.05) is 0 Å². The molecule has 0 bridgehead atoms. The van der Waals surface area contributed by atoms with E-state index in [0.29, 0.717) is 30.3 Å². The molecule has 0 atom stereocenters. The number of hydrogen-bond acceptors (Lipinski definition) is 8. The highest BCUT2D eigenvalue weighted by molar-refractivity contribution is 6.03. The van der Waals surface area contributed by atoms with Crippen molar-refractivity contribution < 1.29 is 23.0 Å². The quantitative estimate of drug-likeness (QED) is 0.276. The van der Waals surface area contributed by atoms with Crippen LogP contribution in [0.15, 0.2) is 53.2 Å². The number of benzene rings is 1. The second-order valence-corrected chi connectivity index (χ2v) is 7.78. The third-order valence-corrected chi connectivity index (χ3v) is 5.41. The smallest absolute Gasteiger partial charge is 0.331 e. The van der Waals surface area contributed by atoms with Gasteiger partial charge in [0.25, 0.3) is 0 Å². The molecule has 2 heterocycles. The van der Waals surface area contributed by atoms with Crippen LogP contribution in [0.2, 0.25) is 0 Å². The van der Waals surface area contributed by atoms with Gasteiger partial charge >= 0.3 is 5.92 Å². The zero-order valence-electron chi connectivity index (χ0n) is 20.1. The Morgan fingerprint density at radius 2 is 1.97 bits per heavy atom. The van der Waals surface area contributed by atoms with Crippen LogP contribution >= 0.6 is 0 Å². The average molecular weight is 502 g/mol. The molecule has 0 aliphatic carbocycles. The van der Waals surface area contributed by atoms with Gasteiger partial charge in [0.2, 0.25) is 5.88 Å². The molecular formula is C24H29F2N7O3. The first-order chi connectivity index (χ1) is 17.3. The number of morpholine rings is 1. The van der Waals surface area contributed by atoms with Crippen LogP contribution < -0.4 is 10.2 Å². The molecule has 36 heavy (non-hydrogen) atoms. The van der Waals surface area contributed by atoms with Crippen molar-refractivity contribution in [2.45, 2.75) is 12.8 Å². The summed E-state index contributed by atoms with van der Waals surface area (Å²) >= 11 is 0. The van der Waals surface area contributed by atoms with Gasteiger partial charge in [-0.2, -0.15) is 13.5 Å². The first-order valence-corrected chi connectivity index (χ1v) is 11.2. The summed E-state index contributed by atoms with van der Waals surface area (Å²) in [6.07, 6.45) is 3.08. The van der Waals surface area contributed by atoms with Crippen molar-refractivity contribution in [2.24, 2.45) is 4.99 Å². The van der Waals surface area contributed by atoms with E-state index in [1.54, 1.807) is 13.0 Å². The summed E-state index contributed by atoms with van der Waals surface area (Å²) in [5.74, 6) is -4.81. The Bertz CT molecular complexity index is 1200. The Labute approximate surface area is 207 Å². The molecule has 1 aromatic carbocycles. The highest BCUT2D eigenvalue weighted by Crippen LogP contribution is 2.30. The Balaban J connectivity index is 1.69. The van der Waals surface area contributed by atoms with Crippen molar-refractivity contribution in [2.75, 3.05) is 46.6 Å². The van der Waals surface area contributed by atoms with E-state index in [2.05, 4.69) is 15.0 Å². The fourth-order valence-corrected chi connectivity index (χ4v) is 3.33. The second kappa shape index (κ2) is 12.3. The van der Waals surface area contributed by atoms with Crippen LogP contribution in [0.3, 0.4) is 0 Å². The van der Waals surface area contributed by atoms with Gasteiger partial charge in [-0.15, -0.1) is 5.10 Å². The van der Waals surface area contributed by atoms with E-state index < -0.39 is 22.8 Å². The Morgan fingerprint density at radius 1 is 1.22 bits per heavy atom. The van der Waals surface area contributed by atoms with Gasteiger partial charge in [-0.05, 0) is 25.1 Å². The van der Waals surface area contributed by atoms with Crippen LogP contribution in [-0.4, -0.2) is 79.1 Å². The maximum Gasteiger partial charge on any atom is 0.331 e. The first kappa shape index (κ1) is 26.8. The maximum absolute atomic E-state index is 15.2. The predicted molar refractivity (Wildman–Crippen MR) is 130 cm³/mol. The van der Waals surface area contributed by atoms with E-state index in [1.165, 1.54) is 37.6 Å². The van der Waals surface area contributed by atoms with Gasteiger partial charge in [-0.1, -0.05) is 18.2 Å². The molecule has 0 saturated carbocycles. The van der Waals surface area contributed by atoms with Crippen LogP contribution in [0.4, 0.5) is 8.78 Å². The van der Waals surface area contributed by atoms with Crippen molar-refractivity contribution in [3.8, 4) is 5.88 Å². The summed E-state index contributed by atoms with van der Waals surface area (Å²) in [5, 5.41) is 27.8. The van der Waals surface area contributed by atoms with Gasteiger partial charge < -0.3 is 14.2 Å². The predicted octanol–water partition coefficient (Wildman–Crippen LogP) is 2.64. The summed E-state index contributed by atoms with van der Waals surface area (Å²) in [6, 6.07) is 7.62. The molecule has 12 heteroatoms. The summed E-state index contributed by atoms with van der Waals surface area (Å²) in [7, 11) is 1.31. The standard InChI is InChI=1S/C24H29F2N7O3/c1-3-19(36-14-11-32-9-12-35-13-10-32)16-30-22(28)17-5-4-6-18(15-17)24(25,26)23(29)33-20(27)7-8-21(31-33)34-2/h3-8,15-16,27-29H,9-14H2,1-2H3/b19-3+,27-20?,28-22?,29-23?,30-16?. The lowest BCUT2D eigenvalue weighted by Gasteiger charge is -2.26. The van der Waals surface area contributed by atoms with Gasteiger partial charge in [0.1, 0.15) is 17.9 Å². The monoisotopic (exact) mass is 501 g/mol. The van der Waals surface area contributed by atoms with Crippen LogP contribution in [-0.2, 0) is 15.4 Å². The molecule has 1 aliphatic rings. The molecule has 0 unspecified atom stereocenters. The molecule has 10 nitrogen and oxygen atoms in total. The summed E-state index contributed by atoms with van der Waals surface area (Å²) in [5.41, 5.74) is -0.800. The van der Waals surface area contributed by atoms with Gasteiger partial charge in [-0.3, -0.25) is 21.1 Å². The van der Waals surface area contributed by atoms with Crippen molar-refractivity contribution in [1.82, 2.24) is 14.7 Å². The van der Waals surface area contributed by atoms with E-state index in [-0.39, 0.29) is 17.3 Å². The SMILES string of the molecule is C/C=C(\C=NC(=N)c1cccc(C(F)(F)C(=N)n2nc(OC)ccc2=N)c1)OCCN1CCOCC1. The normalized spacial score (nSPS) is 15.2. The third kappa shape index (κ3) is 6.67. The van der Waals surface area contributed by atoms with E-state index in [4.69, 9.17) is 30.4 Å². The minimum absolute atomic E-state index is 0.0108. The fourth-order valence-electron chi connectivity index (χ4n) is 3.33. The van der Waals surface area contributed by atoms with Crippen LogP contribution in [0.5, 0.6) is 5.88 Å². The summed E-state index contributed by atoms with van der Waals surface area (Å²) < 4.78 is 46.8. The molecule has 1 aliphatic heterocycles. The number of rotatable bonds is 9. The molecule has 1 saturated heterocycles. The van der Waals surface area contributed by atoms with Crippen LogP contribution in [0.1, 0.15) is 18.1 Å². The first-order valence-electron chi connectivity index (χ1n) is 11.2. The lowest BCUT2D eigenvalue weighted by atomic mass is 10.0. The van der Waals surface area contributed by atoms with E-state index in [9.17, 15) is 0 Å². The van der Waals surface area contributed by atoms with E-state index in [0.717, 1.165) is 31.8 Å². The Hall–Kier alpha value is -3.77. The molecule has 0 amide bonds. The van der Waals surface area contributed by atoms with Crippen LogP contribution in [0, 0.1) is 16.2 Å². The number of aromatic nitrogens is 2. The molecule has 2 aromatic rings. The summed E-state index contributed by atoms with van der Waals surface area (Å²) in [4.78, 5) is 6.29. The summed E-state index contributed by atoms with van der Waals surface area (Å²) in [6.45, 7) is 6.04. The molecule has 1 aromatic heterocycles. The number of alkyl halides is 2. The number of nitrogens with zero attached hydrogens (tertiary/aromatic N) is 4. The number of aliphatic imine (C=N–C) groups is 1. The van der Waals surface area contributed by atoms with Gasteiger partial charge in [0, 0.05) is 36.8 Å². The average Bonchev–Trinajstić information content (AvgIpc) is 2.91. The number of hydrogen-bond donors (Lipinski definition) is 3. The zero-order chi connectivity index (χ0) is 26.1. The molecular weight excluding hydrogens is 472 g/mol. The topological polar surface area (TPSA) is 133 Å². The number of allylic oxidation sites excluding steroid dienone is 2. The van der Waals surface area contributed by atoms with Crippen molar-refractivity contribution in [3.63, 3.8) is 0 Å². The molecule has 0 spiro atoms. The maximum atomic E-state index is 15.2. The molecule has 3 N–H and O–H groups in total. The molecule has 1 fully saturated rings. The molecule has 192 valence electrons. The second-order valence-electron chi connectivity index (χ2n) is 7.78. The highest BCUT2D eigenvalue weighted by atomic mass is 19.3.